The minimum atomic E-state index is 0. The van der Waals surface area contributed by atoms with Gasteiger partial charge in [0.25, 0.3) is 0 Å². The van der Waals surface area contributed by atoms with Gasteiger partial charge in [-0.2, -0.15) is 0 Å². The van der Waals surface area contributed by atoms with E-state index in [0.29, 0.717) is 11.8 Å². The summed E-state index contributed by atoms with van der Waals surface area (Å²) in [4.78, 5) is 14.2. The van der Waals surface area contributed by atoms with Gasteiger partial charge in [-0.15, -0.1) is 12.4 Å². The maximum Gasteiger partial charge on any atom is 0.226 e. The summed E-state index contributed by atoms with van der Waals surface area (Å²) in [6, 6.07) is 0.231. The van der Waals surface area contributed by atoms with Gasteiger partial charge in [0.1, 0.15) is 0 Å². The number of rotatable bonds is 1. The van der Waals surface area contributed by atoms with Crippen LogP contribution in [-0.4, -0.2) is 29.9 Å². The molecule has 1 saturated heterocycles. The van der Waals surface area contributed by atoms with Gasteiger partial charge in [-0.25, -0.2) is 0 Å². The lowest BCUT2D eigenvalue weighted by Crippen LogP contribution is -2.33. The Kier molecular flexibility index (Phi) is 3.45. The van der Waals surface area contributed by atoms with Crippen LogP contribution in [0.2, 0.25) is 0 Å². The van der Waals surface area contributed by atoms with Crippen LogP contribution in [0.15, 0.2) is 0 Å². The zero-order chi connectivity index (χ0) is 10.4. The van der Waals surface area contributed by atoms with Gasteiger partial charge in [-0.1, -0.05) is 12.8 Å². The third kappa shape index (κ3) is 1.95. The lowest BCUT2D eigenvalue weighted by atomic mass is 10.0. The van der Waals surface area contributed by atoms with Crippen molar-refractivity contribution in [1.29, 1.82) is 0 Å². The maximum absolute atomic E-state index is 12.2. The highest BCUT2D eigenvalue weighted by molar-refractivity contribution is 5.85. The number of nitrogens with zero attached hydrogens (tertiary/aromatic N) is 1. The van der Waals surface area contributed by atoms with Crippen LogP contribution < -0.4 is 5.73 Å². The molecule has 3 atom stereocenters. The molecule has 2 aliphatic carbocycles. The van der Waals surface area contributed by atoms with Crippen LogP contribution in [0.3, 0.4) is 0 Å². The Morgan fingerprint density at radius 1 is 1.12 bits per heavy atom. The number of carbonyl (C=O) groups excluding carboxylic acids is 1. The van der Waals surface area contributed by atoms with E-state index in [9.17, 15) is 4.79 Å². The van der Waals surface area contributed by atoms with Gasteiger partial charge < -0.3 is 10.6 Å². The largest absolute Gasteiger partial charge is 0.341 e. The smallest absolute Gasteiger partial charge is 0.226 e. The Balaban J connectivity index is 0.000000963. The Hall–Kier alpha value is -0.280. The van der Waals surface area contributed by atoms with E-state index in [1.807, 2.05) is 4.90 Å². The molecule has 2 N–H and O–H groups in total. The number of hydrogen-bond donors (Lipinski definition) is 1. The summed E-state index contributed by atoms with van der Waals surface area (Å²) in [6.45, 7) is 1.70. The van der Waals surface area contributed by atoms with E-state index in [4.69, 9.17) is 5.73 Å². The average molecular weight is 245 g/mol. The first-order valence-corrected chi connectivity index (χ1v) is 6.32. The Morgan fingerprint density at radius 2 is 1.75 bits per heavy atom. The standard InChI is InChI=1S/C12H20N2O.ClH/c13-8-5-6-14(7-8)12(15)11-9-3-1-2-4-10(9)11;/h8-11H,1-7,13H2;1H/t8-,9?,10?,11?;/m1./s1. The third-order valence-corrected chi connectivity index (χ3v) is 4.48. The van der Waals surface area contributed by atoms with E-state index in [-0.39, 0.29) is 18.4 Å². The van der Waals surface area contributed by atoms with Crippen LogP contribution in [0, 0.1) is 17.8 Å². The van der Waals surface area contributed by atoms with Crippen molar-refractivity contribution < 1.29 is 4.79 Å². The number of carbonyl (C=O) groups is 1. The third-order valence-electron chi connectivity index (χ3n) is 4.48. The maximum atomic E-state index is 12.2. The number of nitrogens with two attached hydrogens (primary N) is 1. The quantitative estimate of drug-likeness (QED) is 0.758. The number of amides is 1. The SMILES string of the molecule is Cl.N[C@@H]1CCN(C(=O)C2C3CCCCC32)C1. The van der Waals surface area contributed by atoms with E-state index in [2.05, 4.69) is 0 Å². The Labute approximate surface area is 103 Å². The molecule has 0 spiro atoms. The summed E-state index contributed by atoms with van der Waals surface area (Å²) in [5.41, 5.74) is 5.84. The van der Waals surface area contributed by atoms with Crippen molar-refractivity contribution in [2.24, 2.45) is 23.5 Å². The van der Waals surface area contributed by atoms with Crippen LogP contribution in [0.4, 0.5) is 0 Å². The zero-order valence-electron chi connectivity index (χ0n) is 9.60. The van der Waals surface area contributed by atoms with E-state index < -0.39 is 0 Å². The Bertz CT molecular complexity index is 272. The fourth-order valence-corrected chi connectivity index (χ4v) is 3.56. The predicted molar refractivity (Wildman–Crippen MR) is 65.4 cm³/mol. The molecule has 2 unspecified atom stereocenters. The van der Waals surface area contributed by atoms with Gasteiger partial charge in [0.05, 0.1) is 0 Å². The van der Waals surface area contributed by atoms with Crippen molar-refractivity contribution in [3.8, 4) is 0 Å². The molecule has 1 amide bonds. The number of fused-ring (bicyclic) bond motifs is 1. The molecule has 0 radical (unpaired) electrons. The second-order valence-electron chi connectivity index (χ2n) is 5.47. The van der Waals surface area contributed by atoms with Crippen LogP contribution in [-0.2, 0) is 4.79 Å². The van der Waals surface area contributed by atoms with Crippen molar-refractivity contribution in [1.82, 2.24) is 4.90 Å². The van der Waals surface area contributed by atoms with Crippen LogP contribution in [0.5, 0.6) is 0 Å². The van der Waals surface area contributed by atoms with Crippen molar-refractivity contribution in [2.75, 3.05) is 13.1 Å². The summed E-state index contributed by atoms with van der Waals surface area (Å²) in [5, 5.41) is 0. The Morgan fingerprint density at radius 3 is 2.25 bits per heavy atom. The fraction of sp³-hybridized carbons (Fsp3) is 0.917. The van der Waals surface area contributed by atoms with Crippen molar-refractivity contribution >= 4 is 18.3 Å². The topological polar surface area (TPSA) is 46.3 Å². The second kappa shape index (κ2) is 4.53. The molecule has 3 aliphatic rings. The lowest BCUT2D eigenvalue weighted by molar-refractivity contribution is -0.132. The average Bonchev–Trinajstić information content (AvgIpc) is 2.82. The first kappa shape index (κ1) is 12.2. The number of hydrogen-bond acceptors (Lipinski definition) is 2. The minimum absolute atomic E-state index is 0. The molecular formula is C12H21ClN2O. The minimum Gasteiger partial charge on any atom is -0.341 e. The molecule has 3 fully saturated rings. The highest BCUT2D eigenvalue weighted by atomic mass is 35.5. The summed E-state index contributed by atoms with van der Waals surface area (Å²) in [6.07, 6.45) is 6.25. The molecule has 1 aliphatic heterocycles. The normalized spacial score (nSPS) is 41.2. The first-order valence-electron chi connectivity index (χ1n) is 6.32. The van der Waals surface area contributed by atoms with Crippen molar-refractivity contribution in [3.05, 3.63) is 0 Å². The van der Waals surface area contributed by atoms with Crippen molar-refractivity contribution in [2.45, 2.75) is 38.1 Å². The summed E-state index contributed by atoms with van der Waals surface area (Å²) in [5.74, 6) is 2.28. The zero-order valence-corrected chi connectivity index (χ0v) is 10.4. The molecule has 2 saturated carbocycles. The van der Waals surface area contributed by atoms with Gasteiger partial charge in [-0.3, -0.25) is 4.79 Å². The summed E-state index contributed by atoms with van der Waals surface area (Å²) < 4.78 is 0. The van der Waals surface area contributed by atoms with Gasteiger partial charge in [0.2, 0.25) is 5.91 Å². The number of halogens is 1. The second-order valence-corrected chi connectivity index (χ2v) is 5.47. The highest BCUT2D eigenvalue weighted by Crippen LogP contribution is 2.56. The molecule has 0 aromatic rings. The van der Waals surface area contributed by atoms with Crippen LogP contribution in [0.1, 0.15) is 32.1 Å². The van der Waals surface area contributed by atoms with Crippen molar-refractivity contribution in [3.63, 3.8) is 0 Å². The monoisotopic (exact) mass is 244 g/mol. The summed E-state index contributed by atoms with van der Waals surface area (Å²) in [7, 11) is 0. The molecule has 16 heavy (non-hydrogen) atoms. The van der Waals surface area contributed by atoms with Gasteiger partial charge in [0.15, 0.2) is 0 Å². The predicted octanol–water partition coefficient (Wildman–Crippen LogP) is 1.40. The van der Waals surface area contributed by atoms with E-state index in [1.54, 1.807) is 0 Å². The summed E-state index contributed by atoms with van der Waals surface area (Å²) >= 11 is 0. The van der Waals surface area contributed by atoms with Gasteiger partial charge in [0, 0.05) is 25.0 Å². The number of likely N-dealkylation sites (tertiary alicyclic amines) is 1. The molecular weight excluding hydrogens is 224 g/mol. The van der Waals surface area contributed by atoms with Crippen LogP contribution >= 0.6 is 12.4 Å². The van der Waals surface area contributed by atoms with Crippen LogP contribution in [0.25, 0.3) is 0 Å². The van der Waals surface area contributed by atoms with E-state index in [0.717, 1.165) is 31.3 Å². The molecule has 0 aromatic carbocycles. The molecule has 92 valence electrons. The molecule has 0 aromatic heterocycles. The first-order chi connectivity index (χ1) is 7.27. The molecule has 0 bridgehead atoms. The van der Waals surface area contributed by atoms with E-state index in [1.165, 1.54) is 25.7 Å². The molecule has 4 heteroatoms. The van der Waals surface area contributed by atoms with Gasteiger partial charge >= 0.3 is 0 Å². The molecule has 3 nitrogen and oxygen atoms in total. The highest BCUT2D eigenvalue weighted by Gasteiger charge is 2.56. The fourth-order valence-electron chi connectivity index (χ4n) is 3.56. The van der Waals surface area contributed by atoms with Gasteiger partial charge in [-0.05, 0) is 31.1 Å². The van der Waals surface area contributed by atoms with E-state index >= 15 is 0 Å². The molecule has 3 rings (SSSR count). The lowest BCUT2D eigenvalue weighted by Gasteiger charge is -2.15. The molecule has 1 heterocycles.